The number of aryl methyl sites for hydroxylation is 1. The average molecular weight is 255 g/mol. The lowest BCUT2D eigenvalue weighted by Crippen LogP contribution is -2.43. The number of halogens is 1. The molecule has 2 rings (SSSR count). The Morgan fingerprint density at radius 3 is 2.94 bits per heavy atom. The van der Waals surface area contributed by atoms with Gasteiger partial charge in [-0.1, -0.05) is 11.6 Å². The smallest absolute Gasteiger partial charge is 0.222 e. The molecule has 2 heterocycles. The second kappa shape index (κ2) is 4.87. The predicted octanol–water partition coefficient (Wildman–Crippen LogP) is 1.47. The highest BCUT2D eigenvalue weighted by Crippen LogP contribution is 2.16. The third kappa shape index (κ3) is 3.06. The van der Waals surface area contributed by atoms with Crippen LogP contribution in [0.1, 0.15) is 18.7 Å². The maximum atomic E-state index is 11.4. The van der Waals surface area contributed by atoms with Gasteiger partial charge in [0.2, 0.25) is 5.91 Å². The molecule has 1 unspecified atom stereocenters. The van der Waals surface area contributed by atoms with Crippen molar-refractivity contribution in [3.05, 3.63) is 17.0 Å². The van der Waals surface area contributed by atoms with Crippen LogP contribution in [0.25, 0.3) is 0 Å². The molecule has 1 fully saturated rings. The van der Waals surface area contributed by atoms with Gasteiger partial charge in [-0.25, -0.2) is 9.97 Å². The molecule has 0 radical (unpaired) electrons. The number of likely N-dealkylation sites (tertiary alicyclic amines) is 1. The van der Waals surface area contributed by atoms with Gasteiger partial charge in [0.05, 0.1) is 0 Å². The van der Waals surface area contributed by atoms with Gasteiger partial charge in [0.1, 0.15) is 16.8 Å². The number of piperidine rings is 1. The number of aromatic nitrogens is 2. The fraction of sp³-hybridized carbons (Fsp3) is 0.545. The van der Waals surface area contributed by atoms with Crippen LogP contribution in [0.15, 0.2) is 6.07 Å². The lowest BCUT2D eigenvalue weighted by atomic mass is 10.1. The van der Waals surface area contributed by atoms with Gasteiger partial charge < -0.3 is 10.2 Å². The van der Waals surface area contributed by atoms with E-state index in [1.54, 1.807) is 17.9 Å². The van der Waals surface area contributed by atoms with Gasteiger partial charge >= 0.3 is 0 Å². The Morgan fingerprint density at radius 1 is 1.53 bits per heavy atom. The summed E-state index contributed by atoms with van der Waals surface area (Å²) >= 11 is 5.86. The first-order valence-corrected chi connectivity index (χ1v) is 5.94. The van der Waals surface area contributed by atoms with Crippen LogP contribution in [0.5, 0.6) is 0 Å². The summed E-state index contributed by atoms with van der Waals surface area (Å²) in [5, 5.41) is 3.71. The van der Waals surface area contributed by atoms with Gasteiger partial charge in [-0.3, -0.25) is 4.79 Å². The fourth-order valence-electron chi connectivity index (χ4n) is 1.94. The number of nitrogens with one attached hydrogen (secondary N) is 1. The van der Waals surface area contributed by atoms with Crippen LogP contribution >= 0.6 is 11.6 Å². The summed E-state index contributed by atoms with van der Waals surface area (Å²) in [4.78, 5) is 21.4. The molecule has 1 amide bonds. The van der Waals surface area contributed by atoms with Crippen molar-refractivity contribution in [1.29, 1.82) is 0 Å². The van der Waals surface area contributed by atoms with E-state index < -0.39 is 0 Å². The number of carbonyl (C=O) groups is 1. The van der Waals surface area contributed by atoms with Gasteiger partial charge in [0, 0.05) is 32.1 Å². The molecule has 0 aromatic carbocycles. The lowest BCUT2D eigenvalue weighted by molar-refractivity contribution is -0.132. The quantitative estimate of drug-likeness (QED) is 0.812. The first kappa shape index (κ1) is 12.1. The zero-order valence-electron chi connectivity index (χ0n) is 9.90. The van der Waals surface area contributed by atoms with E-state index in [1.165, 1.54) is 0 Å². The van der Waals surface area contributed by atoms with Crippen LogP contribution < -0.4 is 5.32 Å². The maximum absolute atomic E-state index is 11.4. The summed E-state index contributed by atoms with van der Waals surface area (Å²) in [6.07, 6.45) is 1.40. The number of hydrogen-bond acceptors (Lipinski definition) is 4. The molecule has 1 atom stereocenters. The van der Waals surface area contributed by atoms with Crippen LogP contribution in [0.4, 0.5) is 5.82 Å². The minimum Gasteiger partial charge on any atom is -0.365 e. The van der Waals surface area contributed by atoms with Crippen LogP contribution in [0, 0.1) is 6.92 Å². The molecule has 1 saturated heterocycles. The number of anilines is 1. The number of rotatable bonds is 2. The van der Waals surface area contributed by atoms with Crippen molar-refractivity contribution in [2.75, 3.05) is 18.9 Å². The molecule has 1 aromatic rings. The SMILES string of the molecule is Cc1nc(Cl)cc(NC2CCC(=O)N(C)C2)n1. The van der Waals surface area contributed by atoms with Crippen molar-refractivity contribution in [3.8, 4) is 0 Å². The highest BCUT2D eigenvalue weighted by atomic mass is 35.5. The van der Waals surface area contributed by atoms with Crippen molar-refractivity contribution in [1.82, 2.24) is 14.9 Å². The van der Waals surface area contributed by atoms with E-state index in [9.17, 15) is 4.79 Å². The van der Waals surface area contributed by atoms with E-state index in [4.69, 9.17) is 11.6 Å². The molecule has 92 valence electrons. The molecule has 0 saturated carbocycles. The van der Waals surface area contributed by atoms with Gasteiger partial charge in [0.15, 0.2) is 0 Å². The molecule has 1 aliphatic rings. The van der Waals surface area contributed by atoms with Crippen molar-refractivity contribution in [2.45, 2.75) is 25.8 Å². The molecule has 1 N–H and O–H groups in total. The first-order valence-electron chi connectivity index (χ1n) is 5.56. The van der Waals surface area contributed by atoms with E-state index in [-0.39, 0.29) is 11.9 Å². The summed E-state index contributed by atoms with van der Waals surface area (Å²) in [6.45, 7) is 2.49. The van der Waals surface area contributed by atoms with Crippen molar-refractivity contribution in [3.63, 3.8) is 0 Å². The van der Waals surface area contributed by atoms with Crippen LogP contribution in [-0.4, -0.2) is 40.4 Å². The Balaban J connectivity index is 2.03. The molecule has 1 aromatic heterocycles. The fourth-order valence-corrected chi connectivity index (χ4v) is 2.17. The predicted molar refractivity (Wildman–Crippen MR) is 66.1 cm³/mol. The summed E-state index contributed by atoms with van der Waals surface area (Å²) in [5.41, 5.74) is 0. The highest BCUT2D eigenvalue weighted by Gasteiger charge is 2.22. The third-order valence-corrected chi connectivity index (χ3v) is 2.98. The second-order valence-corrected chi connectivity index (χ2v) is 4.66. The summed E-state index contributed by atoms with van der Waals surface area (Å²) < 4.78 is 0. The zero-order valence-corrected chi connectivity index (χ0v) is 10.7. The normalized spacial score (nSPS) is 20.5. The topological polar surface area (TPSA) is 58.1 Å². The molecule has 6 heteroatoms. The van der Waals surface area contributed by atoms with E-state index in [1.807, 2.05) is 7.05 Å². The van der Waals surface area contributed by atoms with E-state index in [0.29, 0.717) is 23.9 Å². The number of amides is 1. The molecule has 0 aliphatic carbocycles. The summed E-state index contributed by atoms with van der Waals surface area (Å²) in [6, 6.07) is 1.92. The molecule has 1 aliphatic heterocycles. The van der Waals surface area contributed by atoms with Gasteiger partial charge in [-0.2, -0.15) is 0 Å². The average Bonchev–Trinajstić information content (AvgIpc) is 2.22. The zero-order chi connectivity index (χ0) is 12.4. The van der Waals surface area contributed by atoms with E-state index >= 15 is 0 Å². The number of carbonyl (C=O) groups excluding carboxylic acids is 1. The van der Waals surface area contributed by atoms with E-state index in [2.05, 4.69) is 15.3 Å². The molecule has 5 nitrogen and oxygen atoms in total. The van der Waals surface area contributed by atoms with Crippen molar-refractivity contribution >= 4 is 23.3 Å². The number of likely N-dealkylation sites (N-methyl/N-ethyl adjacent to an activating group) is 1. The Bertz CT molecular complexity index is 417. The Morgan fingerprint density at radius 2 is 2.29 bits per heavy atom. The van der Waals surface area contributed by atoms with Crippen molar-refractivity contribution in [2.24, 2.45) is 0 Å². The van der Waals surface area contributed by atoms with E-state index in [0.717, 1.165) is 12.2 Å². The first-order chi connectivity index (χ1) is 8.04. The van der Waals surface area contributed by atoms with Gasteiger partial charge in [-0.15, -0.1) is 0 Å². The molecule has 0 bridgehead atoms. The van der Waals surface area contributed by atoms with Crippen molar-refractivity contribution < 1.29 is 4.79 Å². The van der Waals surface area contributed by atoms with Crippen LogP contribution in [0.2, 0.25) is 5.15 Å². The van der Waals surface area contributed by atoms with Crippen LogP contribution in [-0.2, 0) is 4.79 Å². The maximum Gasteiger partial charge on any atom is 0.222 e. The monoisotopic (exact) mass is 254 g/mol. The molecular formula is C11H15ClN4O. The second-order valence-electron chi connectivity index (χ2n) is 4.28. The Labute approximate surface area is 105 Å². The summed E-state index contributed by atoms with van der Waals surface area (Å²) in [7, 11) is 1.81. The molecule has 17 heavy (non-hydrogen) atoms. The number of hydrogen-bond donors (Lipinski definition) is 1. The van der Waals surface area contributed by atoms with Crippen LogP contribution in [0.3, 0.4) is 0 Å². The van der Waals surface area contributed by atoms with Gasteiger partial charge in [0.25, 0.3) is 0 Å². The highest BCUT2D eigenvalue weighted by molar-refractivity contribution is 6.29. The third-order valence-electron chi connectivity index (χ3n) is 2.79. The molecular weight excluding hydrogens is 240 g/mol. The minimum atomic E-state index is 0.194. The van der Waals surface area contributed by atoms with Gasteiger partial charge in [-0.05, 0) is 13.3 Å². The molecule has 0 spiro atoms. The lowest BCUT2D eigenvalue weighted by Gasteiger charge is -2.30. The largest absolute Gasteiger partial charge is 0.365 e. The standard InChI is InChI=1S/C11H15ClN4O/c1-7-13-9(12)5-10(14-7)15-8-3-4-11(17)16(2)6-8/h5,8H,3-4,6H2,1-2H3,(H,13,14,15). The number of nitrogens with zero attached hydrogens (tertiary/aromatic N) is 3. The Kier molecular flexibility index (Phi) is 3.47. The Hall–Kier alpha value is -1.36. The summed E-state index contributed by atoms with van der Waals surface area (Å²) in [5.74, 6) is 1.55. The minimum absolute atomic E-state index is 0.194.